The van der Waals surface area contributed by atoms with Gasteiger partial charge in [0.2, 0.25) is 5.91 Å². The number of rotatable bonds is 8. The Morgan fingerprint density at radius 3 is 2.22 bits per heavy atom. The predicted molar refractivity (Wildman–Crippen MR) is 99.6 cm³/mol. The van der Waals surface area contributed by atoms with Crippen molar-refractivity contribution < 1.29 is 18.7 Å². The molecule has 0 aliphatic carbocycles. The molecule has 0 heterocycles. The number of carbonyl (C=O) groups excluding carboxylic acids is 1. The highest BCUT2D eigenvalue weighted by Crippen LogP contribution is 2.13. The van der Waals surface area contributed by atoms with Gasteiger partial charge in [0.15, 0.2) is 0 Å². The summed E-state index contributed by atoms with van der Waals surface area (Å²) in [4.78, 5) is 13.8. The van der Waals surface area contributed by atoms with E-state index in [4.69, 9.17) is 11.5 Å². The van der Waals surface area contributed by atoms with Crippen molar-refractivity contribution in [2.75, 3.05) is 6.54 Å². The van der Waals surface area contributed by atoms with Gasteiger partial charge in [0.05, 0.1) is 12.1 Å². The van der Waals surface area contributed by atoms with Crippen molar-refractivity contribution in [2.45, 2.75) is 38.1 Å². The van der Waals surface area contributed by atoms with Crippen molar-refractivity contribution >= 4 is 5.91 Å². The largest absolute Gasteiger partial charge is 0.390 e. The average Bonchev–Trinajstić information content (AvgIpc) is 2.60. The number of aliphatic hydroxyl groups is 1. The van der Waals surface area contributed by atoms with Crippen LogP contribution in [0.15, 0.2) is 48.5 Å². The lowest BCUT2D eigenvalue weighted by Gasteiger charge is -2.29. The zero-order valence-corrected chi connectivity index (χ0v) is 15.2. The number of nitrogens with two attached hydrogens (primary N) is 2. The number of carbonyl (C=O) groups is 1. The van der Waals surface area contributed by atoms with Crippen molar-refractivity contribution in [3.63, 3.8) is 0 Å². The summed E-state index contributed by atoms with van der Waals surface area (Å²) < 4.78 is 26.6. The lowest BCUT2D eigenvalue weighted by atomic mass is 10.0. The molecule has 0 saturated carbocycles. The lowest BCUT2D eigenvalue weighted by Crippen LogP contribution is -2.49. The van der Waals surface area contributed by atoms with Gasteiger partial charge in [0.25, 0.3) is 0 Å². The third kappa shape index (κ3) is 6.39. The van der Waals surface area contributed by atoms with Gasteiger partial charge in [-0.3, -0.25) is 4.79 Å². The molecule has 0 spiro atoms. The molecule has 0 saturated heterocycles. The first-order chi connectivity index (χ1) is 12.8. The smallest absolute Gasteiger partial charge is 0.239 e. The van der Waals surface area contributed by atoms with Crippen LogP contribution < -0.4 is 11.5 Å². The number of benzene rings is 2. The van der Waals surface area contributed by atoms with E-state index in [9.17, 15) is 18.7 Å². The fourth-order valence-electron chi connectivity index (χ4n) is 2.82. The summed E-state index contributed by atoms with van der Waals surface area (Å²) in [7, 11) is 0. The van der Waals surface area contributed by atoms with Gasteiger partial charge >= 0.3 is 0 Å². The molecule has 2 aromatic rings. The fourth-order valence-corrected chi connectivity index (χ4v) is 2.82. The van der Waals surface area contributed by atoms with Gasteiger partial charge in [-0.15, -0.1) is 0 Å². The van der Waals surface area contributed by atoms with Crippen LogP contribution in [0.25, 0.3) is 0 Å². The molecule has 1 amide bonds. The molecule has 0 unspecified atom stereocenters. The van der Waals surface area contributed by atoms with E-state index in [0.29, 0.717) is 5.56 Å². The molecule has 7 heteroatoms. The molecule has 2 aromatic carbocycles. The van der Waals surface area contributed by atoms with E-state index in [1.807, 2.05) is 30.3 Å². The second-order valence-corrected chi connectivity index (χ2v) is 6.71. The monoisotopic (exact) mass is 377 g/mol. The van der Waals surface area contributed by atoms with Crippen LogP contribution >= 0.6 is 0 Å². The van der Waals surface area contributed by atoms with Crippen LogP contribution in [-0.2, 0) is 17.8 Å². The van der Waals surface area contributed by atoms with Crippen LogP contribution in [0.2, 0.25) is 0 Å². The van der Waals surface area contributed by atoms with Crippen LogP contribution in [0.3, 0.4) is 0 Å². The van der Waals surface area contributed by atoms with E-state index in [1.54, 1.807) is 6.92 Å². The van der Waals surface area contributed by atoms with Gasteiger partial charge in [-0.05, 0) is 36.6 Å². The predicted octanol–water partition coefficient (Wildman–Crippen LogP) is 1.57. The maximum absolute atomic E-state index is 13.3. The highest BCUT2D eigenvalue weighted by molar-refractivity contribution is 5.81. The molecule has 146 valence electrons. The summed E-state index contributed by atoms with van der Waals surface area (Å²) in [5.41, 5.74) is 12.9. The molecule has 0 aromatic heterocycles. The third-order valence-corrected chi connectivity index (χ3v) is 4.21. The average molecular weight is 377 g/mol. The first-order valence-corrected chi connectivity index (χ1v) is 8.73. The topological polar surface area (TPSA) is 92.6 Å². The number of hydrogen-bond acceptors (Lipinski definition) is 4. The van der Waals surface area contributed by atoms with Crippen molar-refractivity contribution in [1.29, 1.82) is 0 Å². The SMILES string of the molecule is C[C@H](N)C(=O)N(Cc1ccccc1)C[C@@H](O)[C@@H](N)Cc1cc(F)cc(F)c1. The second kappa shape index (κ2) is 9.55. The summed E-state index contributed by atoms with van der Waals surface area (Å²) in [6, 6.07) is 10.9. The quantitative estimate of drug-likeness (QED) is 0.651. The van der Waals surface area contributed by atoms with Crippen LogP contribution in [-0.4, -0.2) is 40.6 Å². The summed E-state index contributed by atoms with van der Waals surface area (Å²) >= 11 is 0. The molecule has 3 atom stereocenters. The van der Waals surface area contributed by atoms with Crippen LogP contribution in [0, 0.1) is 11.6 Å². The summed E-state index contributed by atoms with van der Waals surface area (Å²) in [5.74, 6) is -1.73. The van der Waals surface area contributed by atoms with Crippen LogP contribution in [0.1, 0.15) is 18.1 Å². The molecule has 0 aliphatic heterocycles. The minimum Gasteiger partial charge on any atom is -0.390 e. The standard InChI is InChI=1S/C20H25F2N3O2/c1-13(23)20(27)25(11-14-5-3-2-4-6-14)12-19(26)18(24)9-15-7-16(21)10-17(22)8-15/h2-8,10,13,18-19,26H,9,11-12,23-24H2,1H3/t13-,18-,19+/m0/s1. The highest BCUT2D eigenvalue weighted by Gasteiger charge is 2.24. The molecular weight excluding hydrogens is 352 g/mol. The minimum absolute atomic E-state index is 0.0335. The van der Waals surface area contributed by atoms with Gasteiger partial charge in [0, 0.05) is 25.2 Å². The van der Waals surface area contributed by atoms with Gasteiger partial charge in [-0.2, -0.15) is 0 Å². The Morgan fingerprint density at radius 1 is 1.07 bits per heavy atom. The first kappa shape index (κ1) is 21.0. The Bertz CT molecular complexity index is 736. The van der Waals surface area contributed by atoms with Crippen LogP contribution in [0.4, 0.5) is 8.78 Å². The number of aliphatic hydroxyl groups excluding tert-OH is 1. The minimum atomic E-state index is -1.08. The Morgan fingerprint density at radius 2 is 1.67 bits per heavy atom. The Labute approximate surface area is 157 Å². The van der Waals surface area contributed by atoms with Crippen molar-refractivity contribution in [3.05, 3.63) is 71.3 Å². The Kier molecular flexibility index (Phi) is 7.41. The number of hydrogen-bond donors (Lipinski definition) is 3. The molecular formula is C20H25F2N3O2. The Hall–Kier alpha value is -2.35. The van der Waals surface area contributed by atoms with Crippen molar-refractivity contribution in [2.24, 2.45) is 11.5 Å². The van der Waals surface area contributed by atoms with E-state index >= 15 is 0 Å². The maximum Gasteiger partial charge on any atom is 0.239 e. The van der Waals surface area contributed by atoms with E-state index in [-0.39, 0.29) is 25.4 Å². The zero-order chi connectivity index (χ0) is 20.0. The molecule has 5 N–H and O–H groups in total. The summed E-state index contributed by atoms with van der Waals surface area (Å²) in [5, 5.41) is 10.4. The molecule has 2 rings (SSSR count). The van der Waals surface area contributed by atoms with Crippen molar-refractivity contribution in [3.8, 4) is 0 Å². The second-order valence-electron chi connectivity index (χ2n) is 6.71. The zero-order valence-electron chi connectivity index (χ0n) is 15.2. The van der Waals surface area contributed by atoms with Gasteiger partial charge in [-0.1, -0.05) is 30.3 Å². The van der Waals surface area contributed by atoms with Gasteiger partial charge in [0.1, 0.15) is 11.6 Å². The van der Waals surface area contributed by atoms with E-state index < -0.39 is 29.8 Å². The first-order valence-electron chi connectivity index (χ1n) is 8.73. The van der Waals surface area contributed by atoms with Gasteiger partial charge in [-0.25, -0.2) is 8.78 Å². The molecule has 0 aliphatic rings. The summed E-state index contributed by atoms with van der Waals surface area (Å²) in [6.45, 7) is 1.82. The Balaban J connectivity index is 2.06. The number of halogens is 2. The lowest BCUT2D eigenvalue weighted by molar-refractivity contribution is -0.134. The molecule has 0 radical (unpaired) electrons. The highest BCUT2D eigenvalue weighted by atomic mass is 19.1. The number of nitrogens with zero attached hydrogens (tertiary/aromatic N) is 1. The molecule has 5 nitrogen and oxygen atoms in total. The molecule has 0 fully saturated rings. The molecule has 0 bridgehead atoms. The van der Waals surface area contributed by atoms with Crippen LogP contribution in [0.5, 0.6) is 0 Å². The van der Waals surface area contributed by atoms with E-state index in [2.05, 4.69) is 0 Å². The van der Waals surface area contributed by atoms with E-state index in [1.165, 1.54) is 17.0 Å². The molecule has 27 heavy (non-hydrogen) atoms. The maximum atomic E-state index is 13.3. The summed E-state index contributed by atoms with van der Waals surface area (Å²) in [6.07, 6.45) is -1.01. The fraction of sp³-hybridized carbons (Fsp3) is 0.350. The van der Waals surface area contributed by atoms with Gasteiger partial charge < -0.3 is 21.5 Å². The van der Waals surface area contributed by atoms with E-state index in [0.717, 1.165) is 11.6 Å². The normalized spacial score (nSPS) is 14.4. The van der Waals surface area contributed by atoms with Crippen molar-refractivity contribution in [1.82, 2.24) is 4.90 Å². The third-order valence-electron chi connectivity index (χ3n) is 4.21. The number of amides is 1.